The number of aryl methyl sites for hydroxylation is 1. The number of halogens is 1. The molecule has 2 aromatic heterocycles. The third-order valence-electron chi connectivity index (χ3n) is 4.79. The molecule has 0 radical (unpaired) electrons. The third kappa shape index (κ3) is 6.13. The number of benzene rings is 1. The Balaban J connectivity index is 1.92. The molecule has 2 heterocycles. The van der Waals surface area contributed by atoms with E-state index in [0.29, 0.717) is 31.0 Å². The maximum absolute atomic E-state index is 15.0. The van der Waals surface area contributed by atoms with Gasteiger partial charge in [0.1, 0.15) is 18.1 Å². The fourth-order valence-electron chi connectivity index (χ4n) is 3.20. The molecule has 1 N–H and O–H groups in total. The van der Waals surface area contributed by atoms with Crippen molar-refractivity contribution >= 4 is 20.9 Å². The van der Waals surface area contributed by atoms with Crippen LogP contribution in [0.3, 0.4) is 0 Å². The van der Waals surface area contributed by atoms with Crippen LogP contribution in [-0.4, -0.2) is 56.2 Å². The molecule has 3 rings (SSSR count). The van der Waals surface area contributed by atoms with Crippen LogP contribution in [0.1, 0.15) is 26.3 Å². The van der Waals surface area contributed by atoms with E-state index in [4.69, 9.17) is 4.74 Å². The molecule has 0 unspecified atom stereocenters. The van der Waals surface area contributed by atoms with Crippen LogP contribution < -0.4 is 0 Å². The second-order valence-corrected chi connectivity index (χ2v) is 13.7. The first-order valence-corrected chi connectivity index (χ1v) is 13.3. The average molecular weight is 446 g/mol. The highest BCUT2D eigenvalue weighted by Crippen LogP contribution is 2.34. The second-order valence-electron chi connectivity index (χ2n) is 9.09. The molecule has 0 amide bonds. The molecule has 0 spiro atoms. The van der Waals surface area contributed by atoms with Crippen LogP contribution in [0.2, 0.25) is 0 Å². The first-order chi connectivity index (χ1) is 14.5. The van der Waals surface area contributed by atoms with E-state index in [0.717, 1.165) is 22.3 Å². The van der Waals surface area contributed by atoms with Crippen molar-refractivity contribution in [2.45, 2.75) is 39.6 Å². The summed E-state index contributed by atoms with van der Waals surface area (Å²) in [5, 5.41) is 15.1. The molecule has 168 valence electrons. The van der Waals surface area contributed by atoms with E-state index < -0.39 is 15.6 Å². The zero-order chi connectivity index (χ0) is 22.8. The Morgan fingerprint density at radius 3 is 2.61 bits per heavy atom. The SMILES string of the molecule is CCn1cc(-c2cnn(COCCS(C)(C)C)c2)c2cc(C#CC(C)(C)O)cc(F)c21. The summed E-state index contributed by atoms with van der Waals surface area (Å²) < 4.78 is 24.4. The van der Waals surface area contributed by atoms with Gasteiger partial charge in [0.05, 0.1) is 18.3 Å². The van der Waals surface area contributed by atoms with Crippen LogP contribution in [0.15, 0.2) is 30.7 Å². The Bertz CT molecular complexity index is 1120. The number of rotatable bonds is 7. The first-order valence-electron chi connectivity index (χ1n) is 10.3. The number of ether oxygens (including phenoxy) is 1. The molecule has 0 aliphatic rings. The minimum Gasteiger partial charge on any atom is -0.378 e. The van der Waals surface area contributed by atoms with Crippen LogP contribution in [0.5, 0.6) is 0 Å². The zero-order valence-electron chi connectivity index (χ0n) is 19.2. The van der Waals surface area contributed by atoms with Gasteiger partial charge in [0, 0.05) is 46.8 Å². The maximum Gasteiger partial charge on any atom is 0.148 e. The summed E-state index contributed by atoms with van der Waals surface area (Å²) in [6.07, 6.45) is 12.5. The smallest absolute Gasteiger partial charge is 0.148 e. The lowest BCUT2D eigenvalue weighted by Gasteiger charge is -2.24. The summed E-state index contributed by atoms with van der Waals surface area (Å²) in [4.78, 5) is 0. The standard InChI is InChI=1S/C24H32FN3O2S/c1-7-27-16-21(19-14-26-28(15-19)17-30-10-11-31(4,5)6)20-12-18(8-9-24(2,3)29)13-22(25)23(20)27/h12-16,29H,7,10-11,17H2,1-6H3. The van der Waals surface area contributed by atoms with Gasteiger partial charge < -0.3 is 14.4 Å². The molecule has 0 atom stereocenters. The van der Waals surface area contributed by atoms with Gasteiger partial charge in [0.2, 0.25) is 0 Å². The zero-order valence-corrected chi connectivity index (χ0v) is 20.0. The highest BCUT2D eigenvalue weighted by atomic mass is 32.3. The van der Waals surface area contributed by atoms with Crippen molar-refractivity contribution in [2.75, 3.05) is 31.1 Å². The Labute approximate surface area is 185 Å². The van der Waals surface area contributed by atoms with Crippen molar-refractivity contribution in [3.8, 4) is 23.0 Å². The van der Waals surface area contributed by atoms with Gasteiger partial charge in [0.25, 0.3) is 0 Å². The minimum atomic E-state index is -1.14. The summed E-state index contributed by atoms with van der Waals surface area (Å²) in [5.41, 5.74) is 1.73. The molecule has 0 aliphatic carbocycles. The van der Waals surface area contributed by atoms with E-state index in [9.17, 15) is 9.50 Å². The Morgan fingerprint density at radius 2 is 1.97 bits per heavy atom. The van der Waals surface area contributed by atoms with Gasteiger partial charge in [-0.3, -0.25) is 0 Å². The quantitative estimate of drug-likeness (QED) is 0.432. The number of aromatic nitrogens is 3. The molecule has 31 heavy (non-hydrogen) atoms. The summed E-state index contributed by atoms with van der Waals surface area (Å²) in [7, 11) is -0.583. The largest absolute Gasteiger partial charge is 0.378 e. The molecular formula is C24H32FN3O2S. The molecule has 0 aliphatic heterocycles. The molecule has 0 saturated carbocycles. The predicted molar refractivity (Wildman–Crippen MR) is 128 cm³/mol. The molecule has 0 saturated heterocycles. The average Bonchev–Trinajstić information content (AvgIpc) is 3.26. The second kappa shape index (κ2) is 9.07. The van der Waals surface area contributed by atoms with E-state index in [1.165, 1.54) is 6.07 Å². The van der Waals surface area contributed by atoms with Gasteiger partial charge in [-0.05, 0) is 51.7 Å². The fraction of sp³-hybridized carbons (Fsp3) is 0.458. The molecule has 7 heteroatoms. The lowest BCUT2D eigenvalue weighted by molar-refractivity contribution is 0.0809. The van der Waals surface area contributed by atoms with Gasteiger partial charge in [-0.15, -0.1) is 0 Å². The van der Waals surface area contributed by atoms with E-state index >= 15 is 0 Å². The van der Waals surface area contributed by atoms with Crippen LogP contribution in [-0.2, 0) is 18.0 Å². The van der Waals surface area contributed by atoms with Crippen LogP contribution >= 0.6 is 10.0 Å². The van der Waals surface area contributed by atoms with Crippen LogP contribution in [0.25, 0.3) is 22.0 Å². The van der Waals surface area contributed by atoms with Crippen molar-refractivity contribution in [1.29, 1.82) is 0 Å². The van der Waals surface area contributed by atoms with E-state index in [1.807, 2.05) is 30.0 Å². The number of hydrogen-bond acceptors (Lipinski definition) is 3. The normalized spacial score (nSPS) is 12.8. The molecule has 3 aromatic rings. The molecule has 5 nitrogen and oxygen atoms in total. The van der Waals surface area contributed by atoms with Crippen molar-refractivity contribution in [1.82, 2.24) is 14.3 Å². The summed E-state index contributed by atoms with van der Waals surface area (Å²) >= 11 is 0. The molecule has 1 aromatic carbocycles. The first kappa shape index (κ1) is 23.4. The molecule has 0 bridgehead atoms. The fourth-order valence-corrected chi connectivity index (χ4v) is 3.82. The van der Waals surface area contributed by atoms with Crippen LogP contribution in [0, 0.1) is 17.7 Å². The van der Waals surface area contributed by atoms with E-state index in [-0.39, 0.29) is 5.82 Å². The Morgan fingerprint density at radius 1 is 1.23 bits per heavy atom. The van der Waals surface area contributed by atoms with Crippen molar-refractivity contribution < 1.29 is 14.2 Å². The number of aliphatic hydroxyl groups is 1. The lowest BCUT2D eigenvalue weighted by Crippen LogP contribution is -2.14. The number of nitrogens with zero attached hydrogens (tertiary/aromatic N) is 3. The molecular weight excluding hydrogens is 413 g/mol. The van der Waals surface area contributed by atoms with Crippen molar-refractivity contribution in [2.24, 2.45) is 0 Å². The molecule has 0 fully saturated rings. The predicted octanol–water partition coefficient (Wildman–Crippen LogP) is 4.45. The Kier molecular flexibility index (Phi) is 6.85. The highest BCUT2D eigenvalue weighted by molar-refractivity contribution is 8.32. The van der Waals surface area contributed by atoms with Gasteiger partial charge in [-0.25, -0.2) is 19.1 Å². The van der Waals surface area contributed by atoms with Gasteiger partial charge in [-0.2, -0.15) is 5.10 Å². The topological polar surface area (TPSA) is 52.2 Å². The van der Waals surface area contributed by atoms with Gasteiger partial charge >= 0.3 is 0 Å². The number of fused-ring (bicyclic) bond motifs is 1. The minimum absolute atomic E-state index is 0.328. The van der Waals surface area contributed by atoms with Crippen LogP contribution in [0.4, 0.5) is 4.39 Å². The van der Waals surface area contributed by atoms with E-state index in [2.05, 4.69) is 35.7 Å². The summed E-state index contributed by atoms with van der Waals surface area (Å²) in [5.74, 6) is 6.37. The maximum atomic E-state index is 15.0. The monoisotopic (exact) mass is 445 g/mol. The van der Waals surface area contributed by atoms with Gasteiger partial charge in [-0.1, -0.05) is 11.8 Å². The third-order valence-corrected chi connectivity index (χ3v) is 6.18. The highest BCUT2D eigenvalue weighted by Gasteiger charge is 2.16. The van der Waals surface area contributed by atoms with Crippen molar-refractivity contribution in [3.63, 3.8) is 0 Å². The Hall–Kier alpha value is -2.27. The van der Waals surface area contributed by atoms with E-state index in [1.54, 1.807) is 24.7 Å². The van der Waals surface area contributed by atoms with Crippen molar-refractivity contribution in [3.05, 3.63) is 42.1 Å². The number of hydrogen-bond donors (Lipinski definition) is 1. The van der Waals surface area contributed by atoms with Gasteiger partial charge in [0.15, 0.2) is 0 Å². The summed E-state index contributed by atoms with van der Waals surface area (Å²) in [6, 6.07) is 3.30. The summed E-state index contributed by atoms with van der Waals surface area (Å²) in [6.45, 7) is 6.93. The lowest BCUT2D eigenvalue weighted by atomic mass is 10.0.